The van der Waals surface area contributed by atoms with Crippen LogP contribution in [-0.2, 0) is 7.05 Å². The van der Waals surface area contributed by atoms with E-state index in [0.29, 0.717) is 0 Å². The molecule has 0 fully saturated rings. The second kappa shape index (κ2) is 4.16. The van der Waals surface area contributed by atoms with Crippen LogP contribution in [-0.4, -0.2) is 25.9 Å². The minimum absolute atomic E-state index is 0.133. The average molecular weight is 247 g/mol. The summed E-state index contributed by atoms with van der Waals surface area (Å²) >= 11 is 1.80. The lowest BCUT2D eigenvalue weighted by Crippen LogP contribution is -2.14. The van der Waals surface area contributed by atoms with Gasteiger partial charge in [0.2, 0.25) is 0 Å². The summed E-state index contributed by atoms with van der Waals surface area (Å²) in [5, 5.41) is 18.1. The molecule has 3 rings (SSSR count). The highest BCUT2D eigenvalue weighted by Gasteiger charge is 2.31. The van der Waals surface area contributed by atoms with Crippen LogP contribution < -0.4 is 0 Å². The van der Waals surface area contributed by atoms with E-state index in [0.717, 1.165) is 11.4 Å². The van der Waals surface area contributed by atoms with Gasteiger partial charge in [0.25, 0.3) is 0 Å². The van der Waals surface area contributed by atoms with Crippen molar-refractivity contribution < 1.29 is 5.11 Å². The number of nitrogens with zero attached hydrogens (tertiary/aromatic N) is 3. The van der Waals surface area contributed by atoms with E-state index < -0.39 is 6.10 Å². The molecule has 1 aromatic carbocycles. The number of hydrogen-bond donors (Lipinski definition) is 1. The Hall–Kier alpha value is -1.33. The molecule has 1 aromatic heterocycles. The number of rotatable bonds is 2. The standard InChI is InChI=1S/C12H13N3OS/c1-15-10(6-13-14-15)12(16)9-7-17-11-5-3-2-4-8(9)11/h2-6,9,12,16H,7H2,1H3. The van der Waals surface area contributed by atoms with E-state index in [2.05, 4.69) is 22.4 Å². The lowest BCUT2D eigenvalue weighted by atomic mass is 9.94. The molecular weight excluding hydrogens is 234 g/mol. The highest BCUT2D eigenvalue weighted by molar-refractivity contribution is 7.99. The summed E-state index contributed by atoms with van der Waals surface area (Å²) in [6, 6.07) is 8.25. The molecule has 5 heteroatoms. The molecule has 0 amide bonds. The fraction of sp³-hybridized carbons (Fsp3) is 0.333. The second-order valence-corrected chi connectivity index (χ2v) is 5.24. The Labute approximate surface area is 104 Å². The number of aliphatic hydroxyl groups excluding tert-OH is 1. The van der Waals surface area contributed by atoms with Crippen LogP contribution in [0, 0.1) is 0 Å². The van der Waals surface area contributed by atoms with E-state index in [1.165, 1.54) is 10.5 Å². The molecule has 4 nitrogen and oxygen atoms in total. The molecule has 2 aromatic rings. The fourth-order valence-corrected chi connectivity index (χ4v) is 3.50. The third kappa shape index (κ3) is 1.75. The quantitative estimate of drug-likeness (QED) is 0.878. The molecule has 0 saturated carbocycles. The van der Waals surface area contributed by atoms with Crippen LogP contribution in [0.4, 0.5) is 0 Å². The van der Waals surface area contributed by atoms with Gasteiger partial charge in [-0.25, -0.2) is 4.68 Å². The highest BCUT2D eigenvalue weighted by atomic mass is 32.2. The van der Waals surface area contributed by atoms with Crippen molar-refractivity contribution in [2.45, 2.75) is 16.9 Å². The Morgan fingerprint density at radius 1 is 1.47 bits per heavy atom. The van der Waals surface area contributed by atoms with Crippen LogP contribution in [0.3, 0.4) is 0 Å². The first-order valence-corrected chi connectivity index (χ1v) is 6.50. The summed E-state index contributed by atoms with van der Waals surface area (Å²) < 4.78 is 1.64. The fourth-order valence-electron chi connectivity index (χ4n) is 2.22. The molecule has 2 atom stereocenters. The van der Waals surface area contributed by atoms with Crippen molar-refractivity contribution in [2.24, 2.45) is 7.05 Å². The third-order valence-electron chi connectivity index (χ3n) is 3.17. The van der Waals surface area contributed by atoms with Gasteiger partial charge in [-0.1, -0.05) is 23.4 Å². The maximum Gasteiger partial charge on any atom is 0.105 e. The summed E-state index contributed by atoms with van der Waals surface area (Å²) in [7, 11) is 1.81. The second-order valence-electron chi connectivity index (χ2n) is 4.18. The van der Waals surface area contributed by atoms with Crippen LogP contribution >= 0.6 is 11.8 Å². The molecule has 1 aliphatic heterocycles. The van der Waals surface area contributed by atoms with Crippen molar-refractivity contribution in [3.8, 4) is 0 Å². The molecule has 1 aliphatic rings. The topological polar surface area (TPSA) is 50.9 Å². The molecule has 0 spiro atoms. The van der Waals surface area contributed by atoms with Gasteiger partial charge in [0.05, 0.1) is 11.9 Å². The molecule has 2 unspecified atom stereocenters. The van der Waals surface area contributed by atoms with Crippen molar-refractivity contribution in [1.29, 1.82) is 0 Å². The van der Waals surface area contributed by atoms with Gasteiger partial charge in [0.1, 0.15) is 6.10 Å². The molecule has 1 N–H and O–H groups in total. The number of hydrogen-bond acceptors (Lipinski definition) is 4. The van der Waals surface area contributed by atoms with Crippen LogP contribution in [0.1, 0.15) is 23.3 Å². The first kappa shape index (κ1) is 10.8. The van der Waals surface area contributed by atoms with E-state index in [1.807, 2.05) is 12.1 Å². The summed E-state index contributed by atoms with van der Waals surface area (Å²) in [6.45, 7) is 0. The third-order valence-corrected chi connectivity index (χ3v) is 4.38. The minimum Gasteiger partial charge on any atom is -0.386 e. The van der Waals surface area contributed by atoms with Crippen LogP contribution in [0.25, 0.3) is 0 Å². The monoisotopic (exact) mass is 247 g/mol. The minimum atomic E-state index is -0.536. The van der Waals surface area contributed by atoms with Crippen molar-refractivity contribution >= 4 is 11.8 Å². The SMILES string of the molecule is Cn1nncc1C(O)C1CSc2ccccc21. The normalized spacial score (nSPS) is 20.2. The van der Waals surface area contributed by atoms with Gasteiger partial charge in [-0.3, -0.25) is 0 Å². The van der Waals surface area contributed by atoms with E-state index >= 15 is 0 Å². The highest BCUT2D eigenvalue weighted by Crippen LogP contribution is 2.45. The van der Waals surface area contributed by atoms with E-state index in [4.69, 9.17) is 0 Å². The van der Waals surface area contributed by atoms with Gasteiger partial charge in [0.15, 0.2) is 0 Å². The van der Waals surface area contributed by atoms with Gasteiger partial charge in [-0.15, -0.1) is 16.9 Å². The molecule has 0 aliphatic carbocycles. The Balaban J connectivity index is 1.95. The Morgan fingerprint density at radius 3 is 3.06 bits per heavy atom. The smallest absolute Gasteiger partial charge is 0.105 e. The molecule has 17 heavy (non-hydrogen) atoms. The van der Waals surface area contributed by atoms with Crippen LogP contribution in [0.15, 0.2) is 35.4 Å². The van der Waals surface area contributed by atoms with Gasteiger partial charge < -0.3 is 5.11 Å². The van der Waals surface area contributed by atoms with Crippen molar-refractivity contribution in [2.75, 3.05) is 5.75 Å². The summed E-state index contributed by atoms with van der Waals surface area (Å²) in [6.07, 6.45) is 1.10. The Morgan fingerprint density at radius 2 is 2.29 bits per heavy atom. The van der Waals surface area contributed by atoms with Crippen molar-refractivity contribution in [3.63, 3.8) is 0 Å². The largest absolute Gasteiger partial charge is 0.386 e. The number of fused-ring (bicyclic) bond motifs is 1. The van der Waals surface area contributed by atoms with Crippen molar-refractivity contribution in [3.05, 3.63) is 41.7 Å². The summed E-state index contributed by atoms with van der Waals surface area (Å²) in [4.78, 5) is 1.27. The molecule has 88 valence electrons. The van der Waals surface area contributed by atoms with Gasteiger partial charge in [-0.05, 0) is 11.6 Å². The first-order chi connectivity index (χ1) is 8.27. The molecule has 0 saturated heterocycles. The average Bonchev–Trinajstić information content (AvgIpc) is 2.94. The maximum absolute atomic E-state index is 10.4. The van der Waals surface area contributed by atoms with Crippen LogP contribution in [0.5, 0.6) is 0 Å². The van der Waals surface area contributed by atoms with E-state index in [1.54, 1.807) is 29.7 Å². The van der Waals surface area contributed by atoms with Gasteiger partial charge in [-0.2, -0.15) is 0 Å². The zero-order valence-electron chi connectivity index (χ0n) is 9.45. The van der Waals surface area contributed by atoms with E-state index in [-0.39, 0.29) is 5.92 Å². The number of thioether (sulfide) groups is 1. The zero-order valence-corrected chi connectivity index (χ0v) is 10.3. The Kier molecular flexibility index (Phi) is 2.64. The van der Waals surface area contributed by atoms with Gasteiger partial charge >= 0.3 is 0 Å². The maximum atomic E-state index is 10.4. The lowest BCUT2D eigenvalue weighted by Gasteiger charge is -2.17. The van der Waals surface area contributed by atoms with Crippen molar-refractivity contribution in [1.82, 2.24) is 15.0 Å². The Bertz CT molecular complexity index is 540. The summed E-state index contributed by atoms with van der Waals surface area (Å²) in [5.41, 5.74) is 2.00. The van der Waals surface area contributed by atoms with Crippen LogP contribution in [0.2, 0.25) is 0 Å². The van der Waals surface area contributed by atoms with Gasteiger partial charge in [0, 0.05) is 23.6 Å². The lowest BCUT2D eigenvalue weighted by molar-refractivity contribution is 0.144. The first-order valence-electron chi connectivity index (χ1n) is 5.51. The number of aryl methyl sites for hydroxylation is 1. The summed E-state index contributed by atoms with van der Waals surface area (Å²) in [5.74, 6) is 1.04. The number of benzene rings is 1. The number of aliphatic hydroxyl groups is 1. The molecule has 0 radical (unpaired) electrons. The molecule has 2 heterocycles. The number of aromatic nitrogens is 3. The van der Waals surface area contributed by atoms with E-state index in [9.17, 15) is 5.11 Å². The molecule has 0 bridgehead atoms. The predicted octanol–water partition coefficient (Wildman–Crippen LogP) is 1.74. The predicted molar refractivity (Wildman–Crippen MR) is 65.9 cm³/mol. The zero-order chi connectivity index (χ0) is 11.8. The molecular formula is C12H13N3OS.